The lowest BCUT2D eigenvalue weighted by Gasteiger charge is -2.32. The second-order valence-electron chi connectivity index (χ2n) is 6.45. The van der Waals surface area contributed by atoms with E-state index < -0.39 is 6.09 Å². The van der Waals surface area contributed by atoms with Crippen molar-refractivity contribution in [2.45, 2.75) is 19.5 Å². The number of ether oxygens (including phenoxy) is 1. The molecular formula is C20H20N4O3. The highest BCUT2D eigenvalue weighted by atomic mass is 16.5. The number of nitrogens with zero attached hydrogens (tertiary/aromatic N) is 4. The molecule has 0 spiro atoms. The number of fused-ring (bicyclic) bond motifs is 1. The van der Waals surface area contributed by atoms with Gasteiger partial charge in [0.05, 0.1) is 25.4 Å². The minimum Gasteiger partial charge on any atom is -0.497 e. The van der Waals surface area contributed by atoms with Crippen LogP contribution >= 0.6 is 0 Å². The van der Waals surface area contributed by atoms with Gasteiger partial charge >= 0.3 is 6.09 Å². The smallest absolute Gasteiger partial charge is 0.407 e. The number of aromatic nitrogens is 3. The second kappa shape index (κ2) is 6.75. The molecule has 0 saturated heterocycles. The quantitative estimate of drug-likeness (QED) is 0.767. The largest absolute Gasteiger partial charge is 0.497 e. The summed E-state index contributed by atoms with van der Waals surface area (Å²) in [6, 6.07) is 11.3. The van der Waals surface area contributed by atoms with Gasteiger partial charge in [0.25, 0.3) is 0 Å². The van der Waals surface area contributed by atoms with Gasteiger partial charge in [-0.1, -0.05) is 0 Å². The maximum Gasteiger partial charge on any atom is 0.407 e. The van der Waals surface area contributed by atoms with Crippen LogP contribution in [0, 0.1) is 0 Å². The number of hydrogen-bond donors (Lipinski definition) is 1. The van der Waals surface area contributed by atoms with E-state index in [-0.39, 0.29) is 6.04 Å². The van der Waals surface area contributed by atoms with E-state index in [0.29, 0.717) is 13.1 Å². The van der Waals surface area contributed by atoms with E-state index in [9.17, 15) is 9.90 Å². The average molecular weight is 364 g/mol. The van der Waals surface area contributed by atoms with Crippen LogP contribution in [-0.4, -0.2) is 44.5 Å². The Morgan fingerprint density at radius 1 is 1.11 bits per heavy atom. The lowest BCUT2D eigenvalue weighted by molar-refractivity contribution is 0.113. The molecule has 138 valence electrons. The first-order chi connectivity index (χ1) is 13.1. The number of carboxylic acid groups (broad SMARTS) is 1. The van der Waals surface area contributed by atoms with Crippen molar-refractivity contribution in [1.82, 2.24) is 19.7 Å². The van der Waals surface area contributed by atoms with Gasteiger partial charge in [-0.25, -0.2) is 4.79 Å². The fourth-order valence-corrected chi connectivity index (χ4v) is 3.63. The third kappa shape index (κ3) is 2.91. The highest BCUT2D eigenvalue weighted by molar-refractivity contribution is 5.83. The van der Waals surface area contributed by atoms with Gasteiger partial charge in [-0.2, -0.15) is 5.10 Å². The molecule has 0 saturated carbocycles. The Morgan fingerprint density at radius 2 is 1.81 bits per heavy atom. The molecule has 7 nitrogen and oxygen atoms in total. The molecule has 0 fully saturated rings. The fraction of sp³-hybridized carbons (Fsp3) is 0.250. The van der Waals surface area contributed by atoms with Gasteiger partial charge in [-0.3, -0.25) is 14.6 Å². The lowest BCUT2D eigenvalue weighted by atomic mass is 9.96. The minimum atomic E-state index is -0.915. The molecule has 0 aliphatic carbocycles. The van der Waals surface area contributed by atoms with Crippen molar-refractivity contribution >= 4 is 6.09 Å². The molecule has 2 aromatic heterocycles. The average Bonchev–Trinajstić information content (AvgIpc) is 3.09. The van der Waals surface area contributed by atoms with Crippen LogP contribution in [0.2, 0.25) is 0 Å². The second-order valence-corrected chi connectivity index (χ2v) is 6.45. The van der Waals surface area contributed by atoms with E-state index in [0.717, 1.165) is 33.8 Å². The number of methoxy groups -OCH3 is 1. The molecule has 4 rings (SSSR count). The summed E-state index contributed by atoms with van der Waals surface area (Å²) in [5.41, 5.74) is 4.61. The van der Waals surface area contributed by atoms with Crippen LogP contribution in [0.3, 0.4) is 0 Å². The van der Waals surface area contributed by atoms with Crippen molar-refractivity contribution < 1.29 is 14.6 Å². The summed E-state index contributed by atoms with van der Waals surface area (Å²) in [6.45, 7) is 2.85. The number of rotatable bonds is 3. The third-order valence-electron chi connectivity index (χ3n) is 4.99. The van der Waals surface area contributed by atoms with Crippen molar-refractivity contribution in [2.24, 2.45) is 0 Å². The first kappa shape index (κ1) is 17.1. The standard InChI is InChI=1S/C20H20N4O3/c1-13-19-17(14-7-9-21-10-8-14)18(15-3-5-16(27-2)6-4-15)22-24(19)12-11-23(13)20(25)26/h3-10,13H,11-12H2,1-2H3,(H,25,26). The first-order valence-corrected chi connectivity index (χ1v) is 8.75. The normalized spacial score (nSPS) is 16.1. The molecule has 3 aromatic rings. The van der Waals surface area contributed by atoms with Gasteiger partial charge in [-0.15, -0.1) is 0 Å². The van der Waals surface area contributed by atoms with E-state index in [4.69, 9.17) is 9.84 Å². The summed E-state index contributed by atoms with van der Waals surface area (Å²) in [7, 11) is 1.63. The van der Waals surface area contributed by atoms with Crippen molar-refractivity contribution in [3.05, 3.63) is 54.5 Å². The minimum absolute atomic E-state index is 0.293. The maximum atomic E-state index is 11.6. The monoisotopic (exact) mass is 364 g/mol. The summed E-state index contributed by atoms with van der Waals surface area (Å²) < 4.78 is 7.18. The predicted molar refractivity (Wildman–Crippen MR) is 101 cm³/mol. The van der Waals surface area contributed by atoms with Crippen LogP contribution in [-0.2, 0) is 6.54 Å². The summed E-state index contributed by atoms with van der Waals surface area (Å²) in [4.78, 5) is 17.2. The molecule has 3 heterocycles. The van der Waals surface area contributed by atoms with Crippen LogP contribution in [0.4, 0.5) is 4.79 Å². The van der Waals surface area contributed by atoms with Gasteiger partial charge in [-0.05, 0) is 48.9 Å². The zero-order chi connectivity index (χ0) is 19.0. The fourth-order valence-electron chi connectivity index (χ4n) is 3.63. The van der Waals surface area contributed by atoms with E-state index in [1.807, 2.05) is 48.0 Å². The number of hydrogen-bond acceptors (Lipinski definition) is 4. The molecular weight excluding hydrogens is 344 g/mol. The van der Waals surface area contributed by atoms with Crippen molar-refractivity contribution in [2.75, 3.05) is 13.7 Å². The van der Waals surface area contributed by atoms with E-state index in [1.165, 1.54) is 4.90 Å². The van der Waals surface area contributed by atoms with Gasteiger partial charge in [0.1, 0.15) is 11.4 Å². The number of carbonyl (C=O) groups is 1. The maximum absolute atomic E-state index is 11.6. The SMILES string of the molecule is COc1ccc(-c2nn3c(c2-c2ccncc2)C(C)N(C(=O)O)CC3)cc1. The number of amides is 1. The van der Waals surface area contributed by atoms with Gasteiger partial charge < -0.3 is 9.84 Å². The number of benzene rings is 1. The zero-order valence-electron chi connectivity index (χ0n) is 15.2. The zero-order valence-corrected chi connectivity index (χ0v) is 15.2. The lowest BCUT2D eigenvalue weighted by Crippen LogP contribution is -2.40. The van der Waals surface area contributed by atoms with Crippen molar-refractivity contribution in [3.8, 4) is 28.1 Å². The molecule has 1 unspecified atom stereocenters. The van der Waals surface area contributed by atoms with Gasteiger partial charge in [0.15, 0.2) is 0 Å². The number of pyridine rings is 1. The van der Waals surface area contributed by atoms with E-state index in [1.54, 1.807) is 19.5 Å². The van der Waals surface area contributed by atoms with Crippen LogP contribution in [0.1, 0.15) is 18.7 Å². The molecule has 0 bridgehead atoms. The molecule has 7 heteroatoms. The van der Waals surface area contributed by atoms with E-state index in [2.05, 4.69) is 4.98 Å². The molecule has 1 aromatic carbocycles. The summed E-state index contributed by atoms with van der Waals surface area (Å²) in [5.74, 6) is 0.776. The van der Waals surface area contributed by atoms with E-state index >= 15 is 0 Å². The molecule has 27 heavy (non-hydrogen) atoms. The molecule has 1 N–H and O–H groups in total. The van der Waals surface area contributed by atoms with Gasteiger partial charge in [0, 0.05) is 30.1 Å². The Labute approximate surface area is 156 Å². The summed E-state index contributed by atoms with van der Waals surface area (Å²) in [5, 5.41) is 14.4. The Balaban J connectivity index is 1.92. The van der Waals surface area contributed by atoms with Crippen molar-refractivity contribution in [1.29, 1.82) is 0 Å². The molecule has 1 aliphatic heterocycles. The Morgan fingerprint density at radius 3 is 2.44 bits per heavy atom. The van der Waals surface area contributed by atoms with Crippen LogP contribution in [0.5, 0.6) is 5.75 Å². The highest BCUT2D eigenvalue weighted by Gasteiger charge is 2.33. The van der Waals surface area contributed by atoms with Gasteiger partial charge in [0.2, 0.25) is 0 Å². The molecule has 1 aliphatic rings. The molecule has 0 radical (unpaired) electrons. The van der Waals surface area contributed by atoms with Crippen LogP contribution in [0.15, 0.2) is 48.8 Å². The Bertz CT molecular complexity index is 967. The predicted octanol–water partition coefficient (Wildman–Crippen LogP) is 3.68. The summed E-state index contributed by atoms with van der Waals surface area (Å²) >= 11 is 0. The highest BCUT2D eigenvalue weighted by Crippen LogP contribution is 2.40. The van der Waals surface area contributed by atoms with Crippen LogP contribution < -0.4 is 4.74 Å². The first-order valence-electron chi connectivity index (χ1n) is 8.75. The Hall–Kier alpha value is -3.35. The molecule has 1 atom stereocenters. The summed E-state index contributed by atoms with van der Waals surface area (Å²) in [6.07, 6.45) is 2.56. The third-order valence-corrected chi connectivity index (χ3v) is 4.99. The van der Waals surface area contributed by atoms with Crippen LogP contribution in [0.25, 0.3) is 22.4 Å². The topological polar surface area (TPSA) is 80.5 Å². The van der Waals surface area contributed by atoms with Crippen molar-refractivity contribution in [3.63, 3.8) is 0 Å². The Kier molecular flexibility index (Phi) is 4.27. The molecule has 1 amide bonds.